The van der Waals surface area contributed by atoms with E-state index in [0.29, 0.717) is 10.0 Å². The van der Waals surface area contributed by atoms with Crippen LogP contribution in [0.2, 0.25) is 10.0 Å². The molecule has 4 N–H and O–H groups in total. The Balaban J connectivity index is 0.00000192. The molecule has 0 bridgehead atoms. The van der Waals surface area contributed by atoms with Gasteiger partial charge in [0.25, 0.3) is 0 Å². The fraction of sp³-hybridized carbons (Fsp3) is 0.0667. The smallest absolute Gasteiger partial charge is 0.221 e. The minimum absolute atomic E-state index is 0. The van der Waals surface area contributed by atoms with E-state index in [4.69, 9.17) is 34.7 Å². The van der Waals surface area contributed by atoms with Gasteiger partial charge in [-0.1, -0.05) is 53.5 Å². The van der Waals surface area contributed by atoms with E-state index in [1.807, 2.05) is 36.4 Å². The molecular formula is C15H14Cl3N5. The molecule has 0 fully saturated rings. The van der Waals surface area contributed by atoms with Crippen molar-refractivity contribution < 1.29 is 0 Å². The molecule has 1 heterocycles. The van der Waals surface area contributed by atoms with Crippen LogP contribution in [0.25, 0.3) is 0 Å². The second-order valence-corrected chi connectivity index (χ2v) is 5.52. The molecule has 5 nitrogen and oxygen atoms in total. The van der Waals surface area contributed by atoms with Gasteiger partial charge in [0.1, 0.15) is 0 Å². The molecule has 0 aromatic heterocycles. The van der Waals surface area contributed by atoms with E-state index in [-0.39, 0.29) is 24.3 Å². The van der Waals surface area contributed by atoms with Gasteiger partial charge in [-0.15, -0.1) is 12.4 Å². The zero-order valence-corrected chi connectivity index (χ0v) is 14.2. The highest BCUT2D eigenvalue weighted by molar-refractivity contribution is 6.42. The zero-order chi connectivity index (χ0) is 15.7. The van der Waals surface area contributed by atoms with Crippen LogP contribution in [-0.2, 0) is 0 Å². The first-order valence-electron chi connectivity index (χ1n) is 6.53. The van der Waals surface area contributed by atoms with Crippen molar-refractivity contribution in [3.63, 3.8) is 0 Å². The van der Waals surface area contributed by atoms with E-state index < -0.39 is 6.17 Å². The predicted octanol–water partition coefficient (Wildman–Crippen LogP) is 3.56. The van der Waals surface area contributed by atoms with E-state index in [1.165, 1.54) is 0 Å². The SMILES string of the molecule is Cl.NC1=NC(c2ccccc2)N(c2ccc(Cl)c(Cl)c2)C(N)=N1. The van der Waals surface area contributed by atoms with Crippen LogP contribution >= 0.6 is 35.6 Å². The van der Waals surface area contributed by atoms with Crippen LogP contribution in [-0.4, -0.2) is 11.9 Å². The van der Waals surface area contributed by atoms with E-state index >= 15 is 0 Å². The minimum Gasteiger partial charge on any atom is -0.369 e. The van der Waals surface area contributed by atoms with Gasteiger partial charge >= 0.3 is 0 Å². The van der Waals surface area contributed by atoms with E-state index in [1.54, 1.807) is 17.0 Å². The van der Waals surface area contributed by atoms with Gasteiger partial charge in [-0.3, -0.25) is 4.90 Å². The number of aliphatic imine (C=N–C) groups is 2. The van der Waals surface area contributed by atoms with E-state index in [9.17, 15) is 0 Å². The molecule has 1 aliphatic rings. The summed E-state index contributed by atoms with van der Waals surface area (Å²) in [6, 6.07) is 14.9. The van der Waals surface area contributed by atoms with Crippen molar-refractivity contribution in [1.29, 1.82) is 0 Å². The first-order chi connectivity index (χ1) is 10.6. The Labute approximate surface area is 150 Å². The van der Waals surface area contributed by atoms with Crippen molar-refractivity contribution in [2.24, 2.45) is 21.5 Å². The average molecular weight is 371 g/mol. The first-order valence-corrected chi connectivity index (χ1v) is 7.28. The molecule has 0 spiro atoms. The Hall–Kier alpha value is -1.95. The molecular weight excluding hydrogens is 357 g/mol. The topological polar surface area (TPSA) is 80.0 Å². The summed E-state index contributed by atoms with van der Waals surface area (Å²) in [5.74, 6) is 0.391. The van der Waals surface area contributed by atoms with E-state index in [0.717, 1.165) is 11.3 Å². The summed E-state index contributed by atoms with van der Waals surface area (Å²) in [6.07, 6.45) is -0.407. The lowest BCUT2D eigenvalue weighted by molar-refractivity contribution is 0.736. The lowest BCUT2D eigenvalue weighted by Crippen LogP contribution is -2.44. The summed E-state index contributed by atoms with van der Waals surface area (Å²) in [7, 11) is 0. The van der Waals surface area contributed by atoms with Crippen LogP contribution in [0.4, 0.5) is 5.69 Å². The van der Waals surface area contributed by atoms with Crippen molar-refractivity contribution in [2.45, 2.75) is 6.17 Å². The lowest BCUT2D eigenvalue weighted by atomic mass is 10.1. The summed E-state index contributed by atoms with van der Waals surface area (Å²) < 4.78 is 0. The predicted molar refractivity (Wildman–Crippen MR) is 98.6 cm³/mol. The molecule has 23 heavy (non-hydrogen) atoms. The average Bonchev–Trinajstić information content (AvgIpc) is 2.50. The van der Waals surface area contributed by atoms with Crippen LogP contribution < -0.4 is 16.4 Å². The van der Waals surface area contributed by atoms with Crippen LogP contribution in [0.5, 0.6) is 0 Å². The first kappa shape index (κ1) is 17.4. The van der Waals surface area contributed by atoms with Gasteiger partial charge in [0.2, 0.25) is 11.9 Å². The highest BCUT2D eigenvalue weighted by Gasteiger charge is 2.27. The van der Waals surface area contributed by atoms with Crippen LogP contribution in [0.3, 0.4) is 0 Å². The second kappa shape index (κ2) is 7.08. The summed E-state index contributed by atoms with van der Waals surface area (Å²) >= 11 is 12.1. The van der Waals surface area contributed by atoms with Gasteiger partial charge in [-0.05, 0) is 23.8 Å². The quantitative estimate of drug-likeness (QED) is 0.848. The molecule has 8 heteroatoms. The molecule has 120 valence electrons. The van der Waals surface area contributed by atoms with Crippen LogP contribution in [0.15, 0.2) is 58.5 Å². The molecule has 1 unspecified atom stereocenters. The number of nitrogens with two attached hydrogens (primary N) is 2. The highest BCUT2D eigenvalue weighted by atomic mass is 35.5. The van der Waals surface area contributed by atoms with Crippen molar-refractivity contribution in [2.75, 3.05) is 4.90 Å². The number of halogens is 3. The van der Waals surface area contributed by atoms with Crippen LogP contribution in [0.1, 0.15) is 11.7 Å². The molecule has 2 aromatic carbocycles. The maximum atomic E-state index is 6.10. The fourth-order valence-electron chi connectivity index (χ4n) is 2.27. The third kappa shape index (κ3) is 3.52. The Morgan fingerprint density at radius 1 is 0.957 bits per heavy atom. The largest absolute Gasteiger partial charge is 0.369 e. The second-order valence-electron chi connectivity index (χ2n) is 4.71. The molecule has 3 rings (SSSR count). The molecule has 0 saturated carbocycles. The molecule has 0 aliphatic carbocycles. The Kier molecular flexibility index (Phi) is 5.36. The number of guanidine groups is 2. The maximum absolute atomic E-state index is 6.10. The Morgan fingerprint density at radius 3 is 2.30 bits per heavy atom. The van der Waals surface area contributed by atoms with Crippen LogP contribution in [0, 0.1) is 0 Å². The standard InChI is InChI=1S/C15H13Cl2N5.ClH/c16-11-7-6-10(8-12(11)17)22-13(9-4-2-1-3-5-9)20-14(18)21-15(22)19;/h1-8,13H,(H4,18,19,20,21);1H. The maximum Gasteiger partial charge on any atom is 0.221 e. The van der Waals surface area contributed by atoms with Gasteiger partial charge in [-0.25, -0.2) is 4.99 Å². The Morgan fingerprint density at radius 2 is 1.65 bits per heavy atom. The van der Waals surface area contributed by atoms with Gasteiger partial charge in [0.05, 0.1) is 10.0 Å². The van der Waals surface area contributed by atoms with E-state index in [2.05, 4.69) is 9.98 Å². The number of hydrogen-bond donors (Lipinski definition) is 2. The number of nitrogens with zero attached hydrogens (tertiary/aromatic N) is 3. The summed E-state index contributed by atoms with van der Waals surface area (Å²) in [5, 5.41) is 0.901. The molecule has 0 radical (unpaired) electrons. The molecule has 0 saturated heterocycles. The van der Waals surface area contributed by atoms with Crippen molar-refractivity contribution in [3.8, 4) is 0 Å². The third-order valence-corrected chi connectivity index (χ3v) is 3.99. The molecule has 1 atom stereocenters. The number of anilines is 1. The summed E-state index contributed by atoms with van der Waals surface area (Å²) in [6.45, 7) is 0. The summed E-state index contributed by atoms with van der Waals surface area (Å²) in [4.78, 5) is 10.2. The van der Waals surface area contributed by atoms with Crippen molar-refractivity contribution in [3.05, 3.63) is 64.1 Å². The normalized spacial score (nSPS) is 17.1. The van der Waals surface area contributed by atoms with Gasteiger partial charge in [0.15, 0.2) is 6.17 Å². The minimum atomic E-state index is -0.407. The third-order valence-electron chi connectivity index (χ3n) is 3.25. The zero-order valence-electron chi connectivity index (χ0n) is 11.9. The summed E-state index contributed by atoms with van der Waals surface area (Å²) in [5.41, 5.74) is 13.5. The number of hydrogen-bond acceptors (Lipinski definition) is 5. The molecule has 0 amide bonds. The van der Waals surface area contributed by atoms with Gasteiger partial charge in [0, 0.05) is 5.69 Å². The van der Waals surface area contributed by atoms with Crippen molar-refractivity contribution >= 4 is 53.2 Å². The Bertz CT molecular complexity index is 761. The van der Waals surface area contributed by atoms with Gasteiger partial charge < -0.3 is 11.5 Å². The number of benzene rings is 2. The number of rotatable bonds is 2. The molecule has 1 aliphatic heterocycles. The lowest BCUT2D eigenvalue weighted by Gasteiger charge is -2.32. The highest BCUT2D eigenvalue weighted by Crippen LogP contribution is 2.33. The monoisotopic (exact) mass is 369 g/mol. The van der Waals surface area contributed by atoms with Crippen molar-refractivity contribution in [1.82, 2.24) is 0 Å². The molecule has 2 aromatic rings. The fourth-order valence-corrected chi connectivity index (χ4v) is 2.56. The van der Waals surface area contributed by atoms with Gasteiger partial charge in [-0.2, -0.15) is 4.99 Å².